The summed E-state index contributed by atoms with van der Waals surface area (Å²) >= 11 is 1.06. The number of aromatic nitrogens is 2. The molecule has 1 aromatic heterocycles. The zero-order chi connectivity index (χ0) is 18.2. The molecular formula is C16H17N3O5S. The van der Waals surface area contributed by atoms with Gasteiger partial charge in [-0.15, -0.1) is 0 Å². The smallest absolute Gasteiger partial charge is 0.311 e. The largest absolute Gasteiger partial charge is 0.497 e. The molecule has 2 rings (SSSR count). The van der Waals surface area contributed by atoms with Crippen molar-refractivity contribution in [1.29, 1.82) is 0 Å². The zero-order valence-corrected chi connectivity index (χ0v) is 14.5. The minimum atomic E-state index is -0.496. The van der Waals surface area contributed by atoms with E-state index in [-0.39, 0.29) is 28.9 Å². The van der Waals surface area contributed by atoms with Crippen LogP contribution in [0.3, 0.4) is 0 Å². The fourth-order valence-corrected chi connectivity index (χ4v) is 2.59. The van der Waals surface area contributed by atoms with Crippen molar-refractivity contribution in [3.8, 4) is 5.75 Å². The Kier molecular flexibility index (Phi) is 6.58. The zero-order valence-electron chi connectivity index (χ0n) is 13.7. The maximum Gasteiger partial charge on any atom is 0.311 e. The van der Waals surface area contributed by atoms with E-state index in [1.54, 1.807) is 31.4 Å². The van der Waals surface area contributed by atoms with Crippen molar-refractivity contribution in [2.24, 2.45) is 0 Å². The third kappa shape index (κ3) is 5.96. The molecule has 0 saturated carbocycles. The average molecular weight is 363 g/mol. The summed E-state index contributed by atoms with van der Waals surface area (Å²) in [6.07, 6.45) is -0.107. The van der Waals surface area contributed by atoms with Gasteiger partial charge in [-0.25, -0.2) is 4.98 Å². The standard InChI is InChI=1S/C16H17N3O5S/c1-23-12-5-3-4-10(6-12)17-14(21)9-25-16-18-11(7-13(20)19-16)8-15(22)24-2/h3-7H,8-9H2,1-2H3,(H,17,21)(H,18,19,20). The third-order valence-corrected chi connectivity index (χ3v) is 3.89. The maximum absolute atomic E-state index is 12.0. The molecule has 0 spiro atoms. The highest BCUT2D eigenvalue weighted by Crippen LogP contribution is 2.18. The molecule has 0 fully saturated rings. The van der Waals surface area contributed by atoms with Gasteiger partial charge in [0.1, 0.15) is 5.75 Å². The molecule has 9 heteroatoms. The van der Waals surface area contributed by atoms with Crippen molar-refractivity contribution in [2.45, 2.75) is 11.6 Å². The van der Waals surface area contributed by atoms with Crippen LogP contribution in [0.5, 0.6) is 5.75 Å². The first kappa shape index (κ1) is 18.5. The lowest BCUT2D eigenvalue weighted by atomic mass is 10.3. The minimum absolute atomic E-state index is 0.0435. The summed E-state index contributed by atoms with van der Waals surface area (Å²) in [5.74, 6) is -0.0852. The topological polar surface area (TPSA) is 110 Å². The summed E-state index contributed by atoms with van der Waals surface area (Å²) in [6, 6.07) is 8.18. The van der Waals surface area contributed by atoms with Gasteiger partial charge in [0.05, 0.1) is 32.1 Å². The highest BCUT2D eigenvalue weighted by atomic mass is 32.2. The van der Waals surface area contributed by atoms with Crippen LogP contribution in [0.15, 0.2) is 40.3 Å². The fraction of sp³-hybridized carbons (Fsp3) is 0.250. The van der Waals surface area contributed by atoms with E-state index >= 15 is 0 Å². The normalized spacial score (nSPS) is 10.2. The van der Waals surface area contributed by atoms with Gasteiger partial charge in [0.2, 0.25) is 5.91 Å². The van der Waals surface area contributed by atoms with Crippen LogP contribution in [0.2, 0.25) is 0 Å². The molecule has 1 heterocycles. The van der Waals surface area contributed by atoms with Crippen molar-refractivity contribution < 1.29 is 19.1 Å². The van der Waals surface area contributed by atoms with E-state index < -0.39 is 11.5 Å². The number of benzene rings is 1. The quantitative estimate of drug-likeness (QED) is 0.432. The fourth-order valence-electron chi connectivity index (χ4n) is 1.89. The van der Waals surface area contributed by atoms with Gasteiger partial charge in [0.25, 0.3) is 5.56 Å². The lowest BCUT2D eigenvalue weighted by Gasteiger charge is -2.07. The summed E-state index contributed by atoms with van der Waals surface area (Å²) < 4.78 is 9.63. The van der Waals surface area contributed by atoms with E-state index in [0.717, 1.165) is 11.8 Å². The molecule has 2 aromatic rings. The first-order valence-corrected chi connectivity index (χ1v) is 8.22. The van der Waals surface area contributed by atoms with Gasteiger partial charge in [0.15, 0.2) is 5.16 Å². The van der Waals surface area contributed by atoms with Crippen LogP contribution < -0.4 is 15.6 Å². The molecule has 0 unspecified atom stereocenters. The first-order valence-electron chi connectivity index (χ1n) is 7.24. The van der Waals surface area contributed by atoms with E-state index in [0.29, 0.717) is 11.4 Å². The number of thioether (sulfide) groups is 1. The second-order valence-electron chi connectivity index (χ2n) is 4.86. The number of hydrogen-bond donors (Lipinski definition) is 2. The summed E-state index contributed by atoms with van der Waals surface area (Å²) in [6.45, 7) is 0. The van der Waals surface area contributed by atoms with Crippen LogP contribution in [0.1, 0.15) is 5.69 Å². The third-order valence-electron chi connectivity index (χ3n) is 3.02. The van der Waals surface area contributed by atoms with E-state index in [1.165, 1.54) is 13.2 Å². The number of rotatable bonds is 7. The lowest BCUT2D eigenvalue weighted by molar-refractivity contribution is -0.139. The highest BCUT2D eigenvalue weighted by Gasteiger charge is 2.10. The molecular weight excluding hydrogens is 346 g/mol. The van der Waals surface area contributed by atoms with Crippen LogP contribution in [0.25, 0.3) is 0 Å². The second-order valence-corrected chi connectivity index (χ2v) is 5.83. The monoisotopic (exact) mass is 363 g/mol. The Morgan fingerprint density at radius 1 is 1.28 bits per heavy atom. The molecule has 8 nitrogen and oxygen atoms in total. The summed E-state index contributed by atoms with van der Waals surface area (Å²) in [5, 5.41) is 2.98. The Balaban J connectivity index is 1.96. The SMILES string of the molecule is COC(=O)Cc1cc(=O)[nH]c(SCC(=O)Nc2cccc(OC)c2)n1. The van der Waals surface area contributed by atoms with Gasteiger partial charge in [-0.2, -0.15) is 0 Å². The number of esters is 1. The van der Waals surface area contributed by atoms with Crippen LogP contribution in [0, 0.1) is 0 Å². The average Bonchev–Trinajstić information content (AvgIpc) is 2.59. The van der Waals surface area contributed by atoms with Crippen LogP contribution in [0.4, 0.5) is 5.69 Å². The number of carbonyl (C=O) groups excluding carboxylic acids is 2. The minimum Gasteiger partial charge on any atom is -0.497 e. The summed E-state index contributed by atoms with van der Waals surface area (Å²) in [5.41, 5.74) is 0.488. The Labute approximate surface area is 148 Å². The number of aromatic amines is 1. The van der Waals surface area contributed by atoms with Gasteiger partial charge >= 0.3 is 5.97 Å². The maximum atomic E-state index is 12.0. The number of nitrogens with one attached hydrogen (secondary N) is 2. The number of methoxy groups -OCH3 is 2. The van der Waals surface area contributed by atoms with Crippen molar-refractivity contribution in [3.63, 3.8) is 0 Å². The highest BCUT2D eigenvalue weighted by molar-refractivity contribution is 7.99. The molecule has 0 aliphatic carbocycles. The number of ether oxygens (including phenoxy) is 2. The first-order chi connectivity index (χ1) is 12.0. The number of anilines is 1. The van der Waals surface area contributed by atoms with E-state index in [9.17, 15) is 14.4 Å². The molecule has 0 bridgehead atoms. The Morgan fingerprint density at radius 3 is 2.80 bits per heavy atom. The molecule has 0 aliphatic rings. The van der Waals surface area contributed by atoms with E-state index in [1.807, 2.05) is 0 Å². The molecule has 1 amide bonds. The van der Waals surface area contributed by atoms with Crippen molar-refractivity contribution in [3.05, 3.63) is 46.4 Å². The molecule has 0 aliphatic heterocycles. The van der Waals surface area contributed by atoms with Crippen molar-refractivity contribution in [2.75, 3.05) is 25.3 Å². The molecule has 1 aromatic carbocycles. The molecule has 0 saturated heterocycles. The van der Waals surface area contributed by atoms with E-state index in [4.69, 9.17) is 4.74 Å². The van der Waals surface area contributed by atoms with Crippen molar-refractivity contribution in [1.82, 2.24) is 9.97 Å². The number of hydrogen-bond acceptors (Lipinski definition) is 7. The van der Waals surface area contributed by atoms with Gasteiger partial charge in [-0.3, -0.25) is 14.4 Å². The van der Waals surface area contributed by atoms with Gasteiger partial charge < -0.3 is 19.8 Å². The predicted molar refractivity (Wildman–Crippen MR) is 92.9 cm³/mol. The Hall–Kier alpha value is -2.81. The number of nitrogens with zero attached hydrogens (tertiary/aromatic N) is 1. The Bertz CT molecular complexity index is 821. The van der Waals surface area contributed by atoms with Crippen LogP contribution >= 0.6 is 11.8 Å². The van der Waals surface area contributed by atoms with Crippen molar-refractivity contribution >= 4 is 29.3 Å². The summed E-state index contributed by atoms with van der Waals surface area (Å²) in [7, 11) is 2.80. The summed E-state index contributed by atoms with van der Waals surface area (Å²) in [4.78, 5) is 41.5. The molecule has 2 N–H and O–H groups in total. The van der Waals surface area contributed by atoms with Crippen LogP contribution in [-0.4, -0.2) is 41.8 Å². The number of carbonyl (C=O) groups is 2. The predicted octanol–water partition coefficient (Wildman–Crippen LogP) is 1.22. The van der Waals surface area contributed by atoms with Gasteiger partial charge in [-0.1, -0.05) is 17.8 Å². The molecule has 0 radical (unpaired) electrons. The Morgan fingerprint density at radius 2 is 2.08 bits per heavy atom. The molecule has 25 heavy (non-hydrogen) atoms. The second kappa shape index (κ2) is 8.88. The molecule has 132 valence electrons. The van der Waals surface area contributed by atoms with E-state index in [2.05, 4.69) is 20.0 Å². The number of amides is 1. The lowest BCUT2D eigenvalue weighted by Crippen LogP contribution is -2.17. The number of H-pyrrole nitrogens is 1. The van der Waals surface area contributed by atoms with Gasteiger partial charge in [-0.05, 0) is 12.1 Å². The van der Waals surface area contributed by atoms with Gasteiger partial charge in [0, 0.05) is 17.8 Å². The molecule has 0 atom stereocenters. The van der Waals surface area contributed by atoms with Crippen LogP contribution in [-0.2, 0) is 20.7 Å².